The number of fused-ring (bicyclic) bond motifs is 1. The van der Waals surface area contributed by atoms with E-state index in [-0.39, 0.29) is 6.42 Å². The quantitative estimate of drug-likeness (QED) is 0.788. The van der Waals surface area contributed by atoms with E-state index >= 15 is 0 Å². The molecule has 0 atom stereocenters. The van der Waals surface area contributed by atoms with Gasteiger partial charge in [-0.2, -0.15) is 5.10 Å². The summed E-state index contributed by atoms with van der Waals surface area (Å²) in [5.41, 5.74) is 1.65. The van der Waals surface area contributed by atoms with Crippen molar-refractivity contribution < 1.29 is 9.90 Å². The fourth-order valence-corrected chi connectivity index (χ4v) is 1.87. The molecular weight excluding hydrogens is 216 g/mol. The summed E-state index contributed by atoms with van der Waals surface area (Å²) >= 11 is 0. The number of benzene rings is 1. The number of hydrogen-bond acceptors (Lipinski definition) is 3. The molecule has 0 saturated carbocycles. The molecule has 1 aromatic heterocycles. The molecule has 4 heteroatoms. The van der Waals surface area contributed by atoms with E-state index in [1.54, 1.807) is 6.07 Å². The molecular formula is C13H15N2O2-. The monoisotopic (exact) mass is 231 g/mol. The lowest BCUT2D eigenvalue weighted by molar-refractivity contribution is -0.304. The molecule has 0 aliphatic rings. The maximum atomic E-state index is 10.5. The fourth-order valence-electron chi connectivity index (χ4n) is 1.87. The molecule has 0 radical (unpaired) electrons. The number of hydrogen-bond donors (Lipinski definition) is 0. The third-order valence-corrected chi connectivity index (χ3v) is 2.52. The molecule has 0 aliphatic heterocycles. The van der Waals surface area contributed by atoms with Gasteiger partial charge in [0.15, 0.2) is 0 Å². The molecule has 0 bridgehead atoms. The molecule has 0 aliphatic carbocycles. The smallest absolute Gasteiger partial charge is 0.0923 e. The van der Waals surface area contributed by atoms with Crippen molar-refractivity contribution in [3.8, 4) is 0 Å². The Balaban J connectivity index is 2.30. The number of carbonyl (C=O) groups is 1. The van der Waals surface area contributed by atoms with Crippen LogP contribution >= 0.6 is 0 Å². The van der Waals surface area contributed by atoms with Crippen LogP contribution in [0.5, 0.6) is 0 Å². The summed E-state index contributed by atoms with van der Waals surface area (Å²) in [6, 6.07) is 5.49. The SMILES string of the molecule is CC(C)Cn1cc2cc(CC(=O)[O-])ccc2n1. The van der Waals surface area contributed by atoms with Gasteiger partial charge in [-0.25, -0.2) is 0 Å². The van der Waals surface area contributed by atoms with Crippen LogP contribution in [0.25, 0.3) is 10.9 Å². The molecule has 2 rings (SSSR count). The summed E-state index contributed by atoms with van der Waals surface area (Å²) < 4.78 is 1.90. The zero-order chi connectivity index (χ0) is 12.4. The van der Waals surface area contributed by atoms with Crippen molar-refractivity contribution in [3.05, 3.63) is 30.0 Å². The van der Waals surface area contributed by atoms with Crippen LogP contribution in [0, 0.1) is 5.92 Å². The topological polar surface area (TPSA) is 58.0 Å². The van der Waals surface area contributed by atoms with Gasteiger partial charge in [0.2, 0.25) is 0 Å². The summed E-state index contributed by atoms with van der Waals surface area (Å²) in [6.45, 7) is 5.13. The first-order chi connectivity index (χ1) is 8.04. The van der Waals surface area contributed by atoms with Gasteiger partial charge in [0, 0.05) is 30.5 Å². The lowest BCUT2D eigenvalue weighted by Gasteiger charge is -2.02. The highest BCUT2D eigenvalue weighted by Crippen LogP contribution is 2.15. The second-order valence-electron chi connectivity index (χ2n) is 4.69. The van der Waals surface area contributed by atoms with Gasteiger partial charge in [0.05, 0.1) is 5.52 Å². The zero-order valence-corrected chi connectivity index (χ0v) is 10.0. The highest BCUT2D eigenvalue weighted by molar-refractivity contribution is 5.80. The number of carboxylic acids is 1. The van der Waals surface area contributed by atoms with E-state index in [1.165, 1.54) is 0 Å². The lowest BCUT2D eigenvalue weighted by Crippen LogP contribution is -2.24. The van der Waals surface area contributed by atoms with Gasteiger partial charge in [-0.1, -0.05) is 19.9 Å². The molecule has 0 fully saturated rings. The van der Waals surface area contributed by atoms with Crippen molar-refractivity contribution in [2.75, 3.05) is 0 Å². The third-order valence-electron chi connectivity index (χ3n) is 2.52. The Morgan fingerprint density at radius 1 is 1.47 bits per heavy atom. The highest BCUT2D eigenvalue weighted by Gasteiger charge is 2.03. The number of rotatable bonds is 4. The molecule has 90 valence electrons. The standard InChI is InChI=1S/C13H16N2O2/c1-9(2)7-15-8-11-5-10(6-13(16)17)3-4-12(11)14-15/h3-5,8-9H,6-7H2,1-2H3,(H,16,17)/p-1. The number of aliphatic carboxylic acids is 1. The maximum absolute atomic E-state index is 10.5. The minimum Gasteiger partial charge on any atom is -0.550 e. The van der Waals surface area contributed by atoms with Crippen LogP contribution in [0.1, 0.15) is 19.4 Å². The Bertz CT molecular complexity index is 543. The normalized spacial score (nSPS) is 11.2. The first-order valence-corrected chi connectivity index (χ1v) is 5.70. The Labute approximate surface area is 99.9 Å². The first kappa shape index (κ1) is 11.6. The molecule has 0 unspecified atom stereocenters. The van der Waals surface area contributed by atoms with Gasteiger partial charge in [0.1, 0.15) is 0 Å². The van der Waals surface area contributed by atoms with Gasteiger partial charge in [-0.05, 0) is 23.6 Å². The molecule has 0 spiro atoms. The summed E-state index contributed by atoms with van der Waals surface area (Å²) in [5.74, 6) is -0.522. The first-order valence-electron chi connectivity index (χ1n) is 5.70. The molecule has 0 N–H and O–H groups in total. The molecule has 17 heavy (non-hydrogen) atoms. The second-order valence-corrected chi connectivity index (χ2v) is 4.69. The van der Waals surface area contributed by atoms with Crippen molar-refractivity contribution in [2.45, 2.75) is 26.8 Å². The molecule has 0 amide bonds. The molecule has 1 heterocycles. The van der Waals surface area contributed by atoms with E-state index in [9.17, 15) is 9.90 Å². The number of aromatic nitrogens is 2. The lowest BCUT2D eigenvalue weighted by atomic mass is 10.1. The van der Waals surface area contributed by atoms with E-state index in [0.29, 0.717) is 5.92 Å². The summed E-state index contributed by atoms with van der Waals surface area (Å²) in [6.07, 6.45) is 1.90. The maximum Gasteiger partial charge on any atom is 0.0923 e. The average molecular weight is 231 g/mol. The van der Waals surface area contributed by atoms with E-state index in [1.807, 2.05) is 23.0 Å². The van der Waals surface area contributed by atoms with Crippen molar-refractivity contribution in [1.82, 2.24) is 9.78 Å². The summed E-state index contributed by atoms with van der Waals surface area (Å²) in [5, 5.41) is 15.9. The average Bonchev–Trinajstić information content (AvgIpc) is 2.56. The van der Waals surface area contributed by atoms with Crippen molar-refractivity contribution in [1.29, 1.82) is 0 Å². The molecule has 0 saturated heterocycles. The van der Waals surface area contributed by atoms with Crippen LogP contribution in [0.3, 0.4) is 0 Å². The predicted molar refractivity (Wildman–Crippen MR) is 63.3 cm³/mol. The van der Waals surface area contributed by atoms with Crippen LogP contribution < -0.4 is 5.11 Å². The van der Waals surface area contributed by atoms with Gasteiger partial charge in [-0.3, -0.25) is 4.68 Å². The second kappa shape index (κ2) is 4.57. The van der Waals surface area contributed by atoms with Gasteiger partial charge < -0.3 is 9.90 Å². The van der Waals surface area contributed by atoms with Crippen LogP contribution in [-0.2, 0) is 17.8 Å². The minimum atomic E-state index is -1.06. The molecule has 1 aromatic carbocycles. The molecule has 2 aromatic rings. The van der Waals surface area contributed by atoms with Crippen LogP contribution in [0.2, 0.25) is 0 Å². The largest absolute Gasteiger partial charge is 0.550 e. The fraction of sp³-hybridized carbons (Fsp3) is 0.385. The van der Waals surface area contributed by atoms with E-state index in [0.717, 1.165) is 23.0 Å². The number of nitrogens with zero attached hydrogens (tertiary/aromatic N) is 2. The van der Waals surface area contributed by atoms with Crippen molar-refractivity contribution in [3.63, 3.8) is 0 Å². The third kappa shape index (κ3) is 2.84. The van der Waals surface area contributed by atoms with Crippen LogP contribution in [0.15, 0.2) is 24.4 Å². The van der Waals surface area contributed by atoms with E-state index in [4.69, 9.17) is 0 Å². The van der Waals surface area contributed by atoms with E-state index in [2.05, 4.69) is 18.9 Å². The predicted octanol–water partition coefficient (Wildman–Crippen LogP) is 0.985. The van der Waals surface area contributed by atoms with Crippen LogP contribution in [0.4, 0.5) is 0 Å². The van der Waals surface area contributed by atoms with E-state index < -0.39 is 5.97 Å². The van der Waals surface area contributed by atoms with Gasteiger partial charge >= 0.3 is 0 Å². The van der Waals surface area contributed by atoms with Crippen LogP contribution in [-0.4, -0.2) is 15.7 Å². The molecule has 4 nitrogen and oxygen atoms in total. The van der Waals surface area contributed by atoms with Gasteiger partial charge in [-0.15, -0.1) is 0 Å². The van der Waals surface area contributed by atoms with Crippen molar-refractivity contribution in [2.24, 2.45) is 5.92 Å². The minimum absolute atomic E-state index is 0.0503. The van der Waals surface area contributed by atoms with Crippen molar-refractivity contribution >= 4 is 16.9 Å². The Morgan fingerprint density at radius 3 is 2.88 bits per heavy atom. The zero-order valence-electron chi connectivity index (χ0n) is 10.0. The Morgan fingerprint density at radius 2 is 2.24 bits per heavy atom. The summed E-state index contributed by atoms with van der Waals surface area (Å²) in [7, 11) is 0. The van der Waals surface area contributed by atoms with Gasteiger partial charge in [0.25, 0.3) is 0 Å². The number of carbonyl (C=O) groups excluding carboxylic acids is 1. The Hall–Kier alpha value is -1.84. The Kier molecular flexibility index (Phi) is 3.13. The number of carboxylic acid groups (broad SMARTS) is 1. The summed E-state index contributed by atoms with van der Waals surface area (Å²) in [4.78, 5) is 10.5. The highest BCUT2D eigenvalue weighted by atomic mass is 16.4.